The van der Waals surface area contributed by atoms with Gasteiger partial charge in [-0.05, 0) is 30.7 Å². The number of benzene rings is 2. The van der Waals surface area contributed by atoms with E-state index in [1.165, 1.54) is 11.3 Å². The maximum absolute atomic E-state index is 12.2. The highest BCUT2D eigenvalue weighted by molar-refractivity contribution is 7.22. The zero-order valence-corrected chi connectivity index (χ0v) is 14.4. The molecular formula is C17H17N3O3S. The zero-order valence-electron chi connectivity index (χ0n) is 13.5. The van der Waals surface area contributed by atoms with Crippen LogP contribution < -0.4 is 20.1 Å². The molecule has 0 saturated carbocycles. The number of ether oxygens (including phenoxy) is 2. The van der Waals surface area contributed by atoms with Crippen molar-refractivity contribution in [2.45, 2.75) is 6.92 Å². The van der Waals surface area contributed by atoms with Crippen molar-refractivity contribution < 1.29 is 14.3 Å². The summed E-state index contributed by atoms with van der Waals surface area (Å²) in [6.07, 6.45) is 0. The van der Waals surface area contributed by atoms with Crippen LogP contribution in [0.5, 0.6) is 11.5 Å². The first-order valence-electron chi connectivity index (χ1n) is 7.27. The standard InChI is InChI=1S/C17H17N3O3S/c1-10-7-8-13(23-3)14-15(10)24-17(19-14)20-16(21)18-11-5-4-6-12(9-11)22-2/h4-9H,1-3H3,(H2,18,19,20,21). The lowest BCUT2D eigenvalue weighted by Gasteiger charge is -2.06. The smallest absolute Gasteiger partial charge is 0.325 e. The first kappa shape index (κ1) is 16.1. The highest BCUT2D eigenvalue weighted by atomic mass is 32.1. The minimum Gasteiger partial charge on any atom is -0.497 e. The molecule has 0 bridgehead atoms. The molecule has 0 spiro atoms. The molecule has 0 aliphatic carbocycles. The van der Waals surface area contributed by atoms with Gasteiger partial charge in [0.1, 0.15) is 17.0 Å². The molecule has 0 atom stereocenters. The maximum Gasteiger partial charge on any atom is 0.325 e. The van der Waals surface area contributed by atoms with Crippen molar-refractivity contribution in [3.8, 4) is 11.5 Å². The van der Waals surface area contributed by atoms with Crippen LogP contribution >= 0.6 is 11.3 Å². The predicted octanol–water partition coefficient (Wildman–Crippen LogP) is 4.27. The number of fused-ring (bicyclic) bond motifs is 1. The van der Waals surface area contributed by atoms with Crippen LogP contribution in [0.4, 0.5) is 15.6 Å². The molecule has 6 nitrogen and oxygen atoms in total. The second-order valence-corrected chi connectivity index (χ2v) is 6.09. The number of nitrogens with zero attached hydrogens (tertiary/aromatic N) is 1. The predicted molar refractivity (Wildman–Crippen MR) is 96.5 cm³/mol. The van der Waals surface area contributed by atoms with Gasteiger partial charge in [-0.2, -0.15) is 0 Å². The van der Waals surface area contributed by atoms with Crippen LogP contribution in [0, 0.1) is 6.92 Å². The fraction of sp³-hybridized carbons (Fsp3) is 0.176. The van der Waals surface area contributed by atoms with Gasteiger partial charge in [0, 0.05) is 11.8 Å². The van der Waals surface area contributed by atoms with Crippen molar-refractivity contribution in [2.24, 2.45) is 0 Å². The molecule has 2 aromatic carbocycles. The van der Waals surface area contributed by atoms with Gasteiger partial charge in [0.15, 0.2) is 5.13 Å². The zero-order chi connectivity index (χ0) is 17.1. The summed E-state index contributed by atoms with van der Waals surface area (Å²) in [5.74, 6) is 1.36. The van der Waals surface area contributed by atoms with E-state index in [1.54, 1.807) is 32.4 Å². The highest BCUT2D eigenvalue weighted by Gasteiger charge is 2.13. The largest absolute Gasteiger partial charge is 0.497 e. The van der Waals surface area contributed by atoms with Crippen molar-refractivity contribution in [3.05, 3.63) is 42.0 Å². The van der Waals surface area contributed by atoms with Gasteiger partial charge in [-0.1, -0.05) is 23.5 Å². The number of nitrogens with one attached hydrogen (secondary N) is 2. The first-order chi connectivity index (χ1) is 11.6. The Hall–Kier alpha value is -2.80. The summed E-state index contributed by atoms with van der Waals surface area (Å²) in [5, 5.41) is 6.03. The SMILES string of the molecule is COc1cccc(NC(=O)Nc2nc3c(OC)ccc(C)c3s2)c1. The second-order valence-electron chi connectivity index (χ2n) is 5.09. The van der Waals surface area contributed by atoms with E-state index in [1.807, 2.05) is 25.1 Å². The number of amides is 2. The van der Waals surface area contributed by atoms with Gasteiger partial charge in [-0.3, -0.25) is 5.32 Å². The number of aromatic nitrogens is 1. The van der Waals surface area contributed by atoms with Crippen molar-refractivity contribution in [1.82, 2.24) is 4.98 Å². The summed E-state index contributed by atoms with van der Waals surface area (Å²) in [5.41, 5.74) is 2.48. The summed E-state index contributed by atoms with van der Waals surface area (Å²) in [7, 11) is 3.18. The number of thiazole rings is 1. The fourth-order valence-electron chi connectivity index (χ4n) is 2.29. The highest BCUT2D eigenvalue weighted by Crippen LogP contribution is 2.34. The summed E-state index contributed by atoms with van der Waals surface area (Å²) >= 11 is 1.41. The van der Waals surface area contributed by atoms with E-state index < -0.39 is 0 Å². The number of hydrogen-bond acceptors (Lipinski definition) is 5. The van der Waals surface area contributed by atoms with Crippen molar-refractivity contribution in [1.29, 1.82) is 0 Å². The number of carbonyl (C=O) groups is 1. The summed E-state index contributed by atoms with van der Waals surface area (Å²) in [6.45, 7) is 2.00. The van der Waals surface area contributed by atoms with E-state index in [0.29, 0.717) is 22.3 Å². The lowest BCUT2D eigenvalue weighted by atomic mass is 10.2. The lowest BCUT2D eigenvalue weighted by molar-refractivity contribution is 0.262. The van der Waals surface area contributed by atoms with Gasteiger partial charge >= 0.3 is 6.03 Å². The third-order valence-electron chi connectivity index (χ3n) is 3.47. The van der Waals surface area contributed by atoms with E-state index >= 15 is 0 Å². The molecule has 3 aromatic rings. The molecule has 3 rings (SSSR count). The molecule has 0 saturated heterocycles. The molecule has 0 fully saturated rings. The van der Waals surface area contributed by atoms with Crippen molar-refractivity contribution in [2.75, 3.05) is 24.9 Å². The average molecular weight is 343 g/mol. The monoisotopic (exact) mass is 343 g/mol. The molecule has 1 heterocycles. The van der Waals surface area contributed by atoms with E-state index in [-0.39, 0.29) is 6.03 Å². The molecule has 0 unspecified atom stereocenters. The van der Waals surface area contributed by atoms with Gasteiger partial charge in [0.05, 0.1) is 18.9 Å². The molecule has 24 heavy (non-hydrogen) atoms. The lowest BCUT2D eigenvalue weighted by Crippen LogP contribution is -2.19. The molecule has 0 aliphatic rings. The topological polar surface area (TPSA) is 72.5 Å². The quantitative estimate of drug-likeness (QED) is 0.742. The van der Waals surface area contributed by atoms with Crippen LogP contribution in [0.15, 0.2) is 36.4 Å². The molecule has 124 valence electrons. The van der Waals surface area contributed by atoms with Crippen molar-refractivity contribution in [3.63, 3.8) is 0 Å². The molecular weight excluding hydrogens is 326 g/mol. The fourth-order valence-corrected chi connectivity index (χ4v) is 3.23. The second kappa shape index (κ2) is 6.76. The number of rotatable bonds is 4. The number of carbonyl (C=O) groups excluding carboxylic acids is 1. The number of aryl methyl sites for hydroxylation is 1. The Labute approximate surface area is 143 Å². The minimum absolute atomic E-state index is 0.362. The molecule has 2 N–H and O–H groups in total. The normalized spacial score (nSPS) is 10.5. The number of hydrogen-bond donors (Lipinski definition) is 2. The Morgan fingerprint density at radius 1 is 1.12 bits per heavy atom. The summed E-state index contributed by atoms with van der Waals surface area (Å²) in [6, 6.07) is 10.6. The average Bonchev–Trinajstić information content (AvgIpc) is 2.99. The molecule has 2 amide bonds. The number of urea groups is 1. The number of anilines is 2. The maximum atomic E-state index is 12.2. The Kier molecular flexibility index (Phi) is 4.52. The minimum atomic E-state index is -0.362. The Morgan fingerprint density at radius 3 is 2.71 bits per heavy atom. The first-order valence-corrected chi connectivity index (χ1v) is 8.08. The van der Waals surface area contributed by atoms with Gasteiger partial charge < -0.3 is 14.8 Å². The molecule has 1 aromatic heterocycles. The van der Waals surface area contributed by atoms with E-state index in [2.05, 4.69) is 15.6 Å². The van der Waals surface area contributed by atoms with Crippen LogP contribution in [-0.4, -0.2) is 25.2 Å². The summed E-state index contributed by atoms with van der Waals surface area (Å²) < 4.78 is 11.5. The summed E-state index contributed by atoms with van der Waals surface area (Å²) in [4.78, 5) is 16.6. The molecule has 7 heteroatoms. The van der Waals surface area contributed by atoms with Crippen molar-refractivity contribution >= 4 is 38.4 Å². The van der Waals surface area contributed by atoms with Gasteiger partial charge in [0.25, 0.3) is 0 Å². The van der Waals surface area contributed by atoms with E-state index in [0.717, 1.165) is 15.8 Å². The Balaban J connectivity index is 1.79. The molecule has 0 aliphatic heterocycles. The molecule has 0 radical (unpaired) electrons. The van der Waals surface area contributed by atoms with Gasteiger partial charge in [-0.15, -0.1) is 0 Å². The van der Waals surface area contributed by atoms with Crippen LogP contribution in [0.3, 0.4) is 0 Å². The van der Waals surface area contributed by atoms with Crippen LogP contribution in [-0.2, 0) is 0 Å². The van der Waals surface area contributed by atoms with Crippen LogP contribution in [0.2, 0.25) is 0 Å². The Morgan fingerprint density at radius 2 is 1.96 bits per heavy atom. The third kappa shape index (κ3) is 3.26. The van der Waals surface area contributed by atoms with Gasteiger partial charge in [-0.25, -0.2) is 9.78 Å². The number of methoxy groups -OCH3 is 2. The third-order valence-corrected chi connectivity index (χ3v) is 4.58. The van der Waals surface area contributed by atoms with Crippen LogP contribution in [0.1, 0.15) is 5.56 Å². The van der Waals surface area contributed by atoms with Gasteiger partial charge in [0.2, 0.25) is 0 Å². The van der Waals surface area contributed by atoms with E-state index in [4.69, 9.17) is 9.47 Å². The van der Waals surface area contributed by atoms with Crippen LogP contribution in [0.25, 0.3) is 10.2 Å². The Bertz CT molecular complexity index is 892. The van der Waals surface area contributed by atoms with E-state index in [9.17, 15) is 4.79 Å².